The highest BCUT2D eigenvalue weighted by molar-refractivity contribution is 5.91. The van der Waals surface area contributed by atoms with Crippen molar-refractivity contribution in [2.75, 3.05) is 26.9 Å². The molecule has 11 heteroatoms. The van der Waals surface area contributed by atoms with Crippen molar-refractivity contribution in [1.82, 2.24) is 0 Å². The Morgan fingerprint density at radius 3 is 2.26 bits per heavy atom. The molecule has 0 bridgehead atoms. The number of carbonyl (C=O) groups excluding carboxylic acids is 4. The molecule has 0 aromatic heterocycles. The number of aliphatic hydroxyl groups is 1. The Balaban J connectivity index is 0.00000266. The fraction of sp³-hybridized carbons (Fsp3) is 0.714. The molecule has 4 aliphatic carbocycles. The summed E-state index contributed by atoms with van der Waals surface area (Å²) >= 11 is 0. The van der Waals surface area contributed by atoms with Crippen LogP contribution < -0.4 is 0 Å². The van der Waals surface area contributed by atoms with Crippen molar-refractivity contribution >= 4 is 24.1 Å². The third-order valence-corrected chi connectivity index (χ3v) is 13.8. The van der Waals surface area contributed by atoms with Crippen LogP contribution in [0.25, 0.3) is 0 Å². The smallest absolute Gasteiger partial charge is 0.466 e. The third-order valence-electron chi connectivity index (χ3n) is 13.8. The topological polar surface area (TPSA) is 144 Å². The largest absolute Gasteiger partial charge is 0.508 e. The second kappa shape index (κ2) is 15.7. The lowest BCUT2D eigenvalue weighted by molar-refractivity contribution is -0.311. The molecule has 3 saturated carbocycles. The van der Waals surface area contributed by atoms with Gasteiger partial charge >= 0.3 is 24.1 Å². The van der Waals surface area contributed by atoms with Gasteiger partial charge in [0, 0.05) is 36.7 Å². The molecule has 1 aromatic rings. The summed E-state index contributed by atoms with van der Waals surface area (Å²) in [5.41, 5.74) is -2.92. The molecule has 0 spiro atoms. The highest BCUT2D eigenvalue weighted by Gasteiger charge is 2.77. The Labute approximate surface area is 314 Å². The second-order valence-corrected chi connectivity index (χ2v) is 16.2. The molecule has 1 aliphatic heterocycles. The SMILES string of the molecule is CC.COC(=O)C1=CC(C)C[C@@]2(O)C3CCC4C(CC[C@@]5(C(C)OC(=O)OCCc6ccccc6)COC[C@@H]45)[C@@]3(C)[C@H](OC(C)=O)[C@H](OC(C)=O)[C@@]12C. The first-order valence-corrected chi connectivity index (χ1v) is 19.5. The van der Waals surface area contributed by atoms with Crippen LogP contribution in [0.1, 0.15) is 93.1 Å². The van der Waals surface area contributed by atoms with Crippen molar-refractivity contribution in [3.05, 3.63) is 47.5 Å². The van der Waals surface area contributed by atoms with Gasteiger partial charge in [-0.15, -0.1) is 0 Å². The average molecular weight is 741 g/mol. The number of hydrogen-bond donors (Lipinski definition) is 1. The van der Waals surface area contributed by atoms with E-state index >= 15 is 0 Å². The van der Waals surface area contributed by atoms with Crippen LogP contribution in [-0.2, 0) is 49.2 Å². The number of fused-ring (bicyclic) bond motifs is 7. The average Bonchev–Trinajstić information content (AvgIpc) is 3.58. The minimum absolute atomic E-state index is 0.0186. The lowest BCUT2D eigenvalue weighted by atomic mass is 9.36. The molecule has 0 amide bonds. The summed E-state index contributed by atoms with van der Waals surface area (Å²) in [5.74, 6) is -2.32. The van der Waals surface area contributed by atoms with Crippen LogP contribution in [0.5, 0.6) is 0 Å². The van der Waals surface area contributed by atoms with Crippen LogP contribution in [0.15, 0.2) is 42.0 Å². The zero-order chi connectivity index (χ0) is 38.9. The number of rotatable bonds is 8. The van der Waals surface area contributed by atoms with Gasteiger partial charge in [0.25, 0.3) is 0 Å². The molecular formula is C42H60O11. The molecule has 0 radical (unpaired) electrons. The van der Waals surface area contributed by atoms with E-state index in [0.717, 1.165) is 12.0 Å². The van der Waals surface area contributed by atoms with Crippen molar-refractivity contribution in [1.29, 1.82) is 0 Å². The van der Waals surface area contributed by atoms with Gasteiger partial charge < -0.3 is 33.5 Å². The minimum Gasteiger partial charge on any atom is -0.466 e. The molecule has 53 heavy (non-hydrogen) atoms. The van der Waals surface area contributed by atoms with Gasteiger partial charge in [-0.1, -0.05) is 64.1 Å². The highest BCUT2D eigenvalue weighted by atomic mass is 16.7. The minimum atomic E-state index is -1.50. The normalized spacial score (nSPS) is 38.8. The number of allylic oxidation sites excluding steroid dienone is 1. The Morgan fingerprint density at radius 2 is 1.62 bits per heavy atom. The monoisotopic (exact) mass is 740 g/mol. The Hall–Kier alpha value is -3.44. The van der Waals surface area contributed by atoms with Crippen molar-refractivity contribution in [3.8, 4) is 0 Å². The molecule has 294 valence electrons. The zero-order valence-electron chi connectivity index (χ0n) is 33.0. The lowest BCUT2D eigenvalue weighted by Gasteiger charge is -2.71. The molecule has 12 atom stereocenters. The van der Waals surface area contributed by atoms with Gasteiger partial charge in [0.05, 0.1) is 37.9 Å². The molecule has 4 fully saturated rings. The van der Waals surface area contributed by atoms with Gasteiger partial charge in [0.2, 0.25) is 0 Å². The first-order valence-electron chi connectivity index (χ1n) is 19.5. The van der Waals surface area contributed by atoms with Gasteiger partial charge in [-0.05, 0) is 81.1 Å². The molecular weight excluding hydrogens is 680 g/mol. The third kappa shape index (κ3) is 6.78. The maximum atomic E-state index is 13.5. The molecule has 11 nitrogen and oxygen atoms in total. The fourth-order valence-corrected chi connectivity index (χ4v) is 11.6. The maximum absolute atomic E-state index is 13.5. The van der Waals surface area contributed by atoms with E-state index in [-0.39, 0.29) is 35.9 Å². The van der Waals surface area contributed by atoms with E-state index in [1.165, 1.54) is 21.0 Å². The van der Waals surface area contributed by atoms with E-state index in [2.05, 4.69) is 6.92 Å². The number of esters is 3. The number of methoxy groups -OCH3 is 1. The first kappa shape index (κ1) is 40.7. The van der Waals surface area contributed by atoms with Crippen LogP contribution in [0, 0.1) is 45.8 Å². The quantitative estimate of drug-likeness (QED) is 0.227. The van der Waals surface area contributed by atoms with Crippen LogP contribution in [-0.4, -0.2) is 80.0 Å². The van der Waals surface area contributed by atoms with Crippen LogP contribution >= 0.6 is 0 Å². The summed E-state index contributed by atoms with van der Waals surface area (Å²) in [4.78, 5) is 52.2. The van der Waals surface area contributed by atoms with Crippen molar-refractivity contribution in [3.63, 3.8) is 0 Å². The Bertz CT molecular complexity index is 1540. The second-order valence-electron chi connectivity index (χ2n) is 16.2. The van der Waals surface area contributed by atoms with Crippen molar-refractivity contribution < 1.29 is 52.7 Å². The van der Waals surface area contributed by atoms with Crippen molar-refractivity contribution in [2.45, 2.75) is 118 Å². The number of carbonyl (C=O) groups is 4. The van der Waals surface area contributed by atoms with Gasteiger partial charge in [-0.3, -0.25) is 9.59 Å². The van der Waals surface area contributed by atoms with Crippen LogP contribution in [0.3, 0.4) is 0 Å². The zero-order valence-corrected chi connectivity index (χ0v) is 33.0. The van der Waals surface area contributed by atoms with E-state index < -0.39 is 70.1 Å². The van der Waals surface area contributed by atoms with Crippen molar-refractivity contribution in [2.24, 2.45) is 45.8 Å². The summed E-state index contributed by atoms with van der Waals surface area (Å²) in [7, 11) is 1.29. The van der Waals surface area contributed by atoms with Gasteiger partial charge in [0.1, 0.15) is 12.2 Å². The maximum Gasteiger partial charge on any atom is 0.508 e. The predicted octanol–water partition coefficient (Wildman–Crippen LogP) is 6.63. The molecule has 1 N–H and O–H groups in total. The molecule has 1 aromatic carbocycles. The first-order chi connectivity index (χ1) is 25.1. The molecule has 5 unspecified atom stereocenters. The molecule has 6 rings (SSSR count). The van der Waals surface area contributed by atoms with E-state index in [0.29, 0.717) is 45.3 Å². The van der Waals surface area contributed by atoms with E-state index in [4.69, 9.17) is 28.4 Å². The van der Waals surface area contributed by atoms with Gasteiger partial charge in [-0.2, -0.15) is 0 Å². The summed E-state index contributed by atoms with van der Waals surface area (Å²) < 4.78 is 35.3. The Kier molecular flexibility index (Phi) is 12.1. The lowest BCUT2D eigenvalue weighted by Crippen LogP contribution is -2.78. The Morgan fingerprint density at radius 1 is 0.962 bits per heavy atom. The highest BCUT2D eigenvalue weighted by Crippen LogP contribution is 2.72. The van der Waals surface area contributed by atoms with E-state index in [1.54, 1.807) is 13.0 Å². The van der Waals surface area contributed by atoms with Gasteiger partial charge in [-0.25, -0.2) is 9.59 Å². The molecule has 1 saturated heterocycles. The van der Waals surface area contributed by atoms with Crippen LogP contribution in [0.2, 0.25) is 0 Å². The predicted molar refractivity (Wildman–Crippen MR) is 195 cm³/mol. The number of ether oxygens (including phenoxy) is 6. The van der Waals surface area contributed by atoms with E-state index in [9.17, 15) is 24.3 Å². The van der Waals surface area contributed by atoms with E-state index in [1.807, 2.05) is 58.0 Å². The summed E-state index contributed by atoms with van der Waals surface area (Å²) in [6.45, 7) is 15.5. The standard InChI is InChI=1S/C40H54O11.C2H6/c1-23-19-30(35(43)46-7)38(6)34(51-26(4)42)33(50-25(3)41)37(5)29-15-17-39(24(2)49-36(44)48-18-16-27-11-9-8-10-12-27)22-47-21-31(39)28(29)13-14-32(37)40(38,45)20-23;1-2/h8-12,19,23-24,28-29,31-34,45H,13-18,20-22H2,1-7H3;1-2H3/t23?,24?,28?,29?,31-,32?,33+,34-,37+,38+,39-,40+;/m0./s1. The van der Waals surface area contributed by atoms with Gasteiger partial charge in [0.15, 0.2) is 6.10 Å². The summed E-state index contributed by atoms with van der Waals surface area (Å²) in [6.07, 6.45) is 2.09. The number of benzene rings is 1. The summed E-state index contributed by atoms with van der Waals surface area (Å²) in [6, 6.07) is 9.81. The molecule has 1 heterocycles. The fourth-order valence-electron chi connectivity index (χ4n) is 11.6. The summed E-state index contributed by atoms with van der Waals surface area (Å²) in [5, 5.41) is 13.2. The van der Waals surface area contributed by atoms with Crippen LogP contribution in [0.4, 0.5) is 4.79 Å². The number of hydrogen-bond acceptors (Lipinski definition) is 11. The molecule has 5 aliphatic rings.